The van der Waals surface area contributed by atoms with Gasteiger partial charge in [-0.1, -0.05) is 6.92 Å². The van der Waals surface area contributed by atoms with Crippen LogP contribution in [0.1, 0.15) is 39.0 Å². The summed E-state index contributed by atoms with van der Waals surface area (Å²) in [5.41, 5.74) is 0. The minimum absolute atomic E-state index is 0.0938. The van der Waals surface area contributed by atoms with E-state index in [0.29, 0.717) is 6.04 Å². The van der Waals surface area contributed by atoms with Crippen molar-refractivity contribution in [2.24, 2.45) is 0 Å². The number of nitrogens with one attached hydrogen (secondary N) is 1. The van der Waals surface area contributed by atoms with Crippen LogP contribution in [0.25, 0.3) is 0 Å². The molecule has 0 atom stereocenters. The fraction of sp³-hybridized carbons (Fsp3) is 1.00. The van der Waals surface area contributed by atoms with E-state index in [1.165, 1.54) is 4.90 Å². The molecule has 0 aromatic rings. The van der Waals surface area contributed by atoms with Gasteiger partial charge in [-0.05, 0) is 45.7 Å². The lowest BCUT2D eigenvalue weighted by atomic mass is 9.90. The molecule has 0 radical (unpaired) electrons. The van der Waals surface area contributed by atoms with Crippen LogP contribution in [0, 0.1) is 0 Å². The summed E-state index contributed by atoms with van der Waals surface area (Å²) in [6.07, 6.45) is 0.752. The van der Waals surface area contributed by atoms with E-state index in [2.05, 4.69) is 12.2 Å². The largest absolute Gasteiger partial charge is 0.401 e. The average molecular weight is 252 g/mol. The minimum Gasteiger partial charge on any atom is -0.314 e. The van der Waals surface area contributed by atoms with E-state index in [1.807, 2.05) is 0 Å². The topological polar surface area (TPSA) is 15.3 Å². The fourth-order valence-electron chi connectivity index (χ4n) is 2.48. The minimum atomic E-state index is -4.08. The Kier molecular flexibility index (Phi) is 5.73. The molecule has 1 aliphatic carbocycles. The molecule has 0 aromatic heterocycles. The van der Waals surface area contributed by atoms with Gasteiger partial charge < -0.3 is 5.32 Å². The number of hydrogen-bond donors (Lipinski definition) is 1. The van der Waals surface area contributed by atoms with E-state index < -0.39 is 12.7 Å². The maximum absolute atomic E-state index is 12.3. The molecule has 5 heteroatoms. The maximum atomic E-state index is 12.3. The first-order valence-electron chi connectivity index (χ1n) is 6.42. The van der Waals surface area contributed by atoms with Gasteiger partial charge >= 0.3 is 6.18 Å². The molecule has 0 heterocycles. The van der Waals surface area contributed by atoms with Crippen molar-refractivity contribution < 1.29 is 13.2 Å². The third-order valence-electron chi connectivity index (χ3n) is 3.43. The summed E-state index contributed by atoms with van der Waals surface area (Å²) in [7, 11) is 1.58. The molecule has 0 amide bonds. The molecular weight excluding hydrogens is 229 g/mol. The molecule has 102 valence electrons. The Hall–Kier alpha value is -0.290. The van der Waals surface area contributed by atoms with Gasteiger partial charge in [0.1, 0.15) is 0 Å². The van der Waals surface area contributed by atoms with Crippen molar-refractivity contribution in [3.8, 4) is 0 Å². The van der Waals surface area contributed by atoms with E-state index in [-0.39, 0.29) is 6.04 Å². The zero-order valence-electron chi connectivity index (χ0n) is 10.7. The zero-order chi connectivity index (χ0) is 12.9. The van der Waals surface area contributed by atoms with Crippen LogP contribution in [0.3, 0.4) is 0 Å². The SMILES string of the molecule is CCCNC1CCC(N(C)CC(F)(F)F)CC1. The van der Waals surface area contributed by atoms with Crippen molar-refractivity contribution in [1.29, 1.82) is 0 Å². The van der Waals surface area contributed by atoms with E-state index >= 15 is 0 Å². The monoisotopic (exact) mass is 252 g/mol. The molecule has 0 unspecified atom stereocenters. The highest BCUT2D eigenvalue weighted by Crippen LogP contribution is 2.25. The van der Waals surface area contributed by atoms with Crippen molar-refractivity contribution in [3.05, 3.63) is 0 Å². The molecule has 1 saturated carbocycles. The number of nitrogens with zero attached hydrogens (tertiary/aromatic N) is 1. The van der Waals surface area contributed by atoms with E-state index in [9.17, 15) is 13.2 Å². The summed E-state index contributed by atoms with van der Waals surface area (Å²) in [6, 6.07) is 0.599. The van der Waals surface area contributed by atoms with Crippen LogP contribution in [0.15, 0.2) is 0 Å². The smallest absolute Gasteiger partial charge is 0.314 e. The van der Waals surface area contributed by atoms with Gasteiger partial charge in [0, 0.05) is 12.1 Å². The standard InChI is InChI=1S/C12H23F3N2/c1-3-8-16-10-4-6-11(7-5-10)17(2)9-12(13,14)15/h10-11,16H,3-9H2,1-2H3. The number of alkyl halides is 3. The second kappa shape index (κ2) is 6.59. The van der Waals surface area contributed by atoms with Crippen molar-refractivity contribution in [3.63, 3.8) is 0 Å². The summed E-state index contributed by atoms with van der Waals surface area (Å²) in [4.78, 5) is 1.45. The van der Waals surface area contributed by atoms with Gasteiger partial charge in [0.15, 0.2) is 0 Å². The number of halogens is 3. The highest BCUT2D eigenvalue weighted by Gasteiger charge is 2.33. The third-order valence-corrected chi connectivity index (χ3v) is 3.43. The van der Waals surface area contributed by atoms with Crippen LogP contribution in [-0.4, -0.2) is 43.3 Å². The molecule has 0 spiro atoms. The van der Waals surface area contributed by atoms with E-state index in [4.69, 9.17) is 0 Å². The lowest BCUT2D eigenvalue weighted by Crippen LogP contribution is -2.44. The van der Waals surface area contributed by atoms with Crippen LogP contribution in [-0.2, 0) is 0 Å². The Morgan fingerprint density at radius 1 is 1.18 bits per heavy atom. The zero-order valence-corrected chi connectivity index (χ0v) is 10.7. The van der Waals surface area contributed by atoms with Gasteiger partial charge in [-0.15, -0.1) is 0 Å². The highest BCUT2D eigenvalue weighted by molar-refractivity contribution is 4.82. The molecule has 1 aliphatic rings. The normalized spacial score (nSPS) is 26.5. The fourth-order valence-corrected chi connectivity index (χ4v) is 2.48. The summed E-state index contributed by atoms with van der Waals surface area (Å²) >= 11 is 0. The van der Waals surface area contributed by atoms with Crippen LogP contribution < -0.4 is 5.32 Å². The molecule has 0 saturated heterocycles. The van der Waals surface area contributed by atoms with Gasteiger partial charge in [0.2, 0.25) is 0 Å². The van der Waals surface area contributed by atoms with Gasteiger partial charge in [-0.25, -0.2) is 0 Å². The summed E-state index contributed by atoms with van der Waals surface area (Å²) in [5.74, 6) is 0. The predicted octanol–water partition coefficient (Wildman–Crippen LogP) is 2.79. The first kappa shape index (κ1) is 14.8. The van der Waals surface area contributed by atoms with Crippen molar-refractivity contribution in [1.82, 2.24) is 10.2 Å². The molecular formula is C12H23F3N2. The van der Waals surface area contributed by atoms with Crippen LogP contribution >= 0.6 is 0 Å². The lowest BCUT2D eigenvalue weighted by Gasteiger charge is -2.35. The molecule has 0 aliphatic heterocycles. The molecule has 0 aromatic carbocycles. The Bertz CT molecular complexity index is 210. The molecule has 1 N–H and O–H groups in total. The highest BCUT2D eigenvalue weighted by atomic mass is 19.4. The van der Waals surface area contributed by atoms with E-state index in [1.54, 1.807) is 7.05 Å². The maximum Gasteiger partial charge on any atom is 0.401 e. The van der Waals surface area contributed by atoms with Crippen molar-refractivity contribution in [2.45, 2.75) is 57.3 Å². The van der Waals surface area contributed by atoms with Gasteiger partial charge in [0.25, 0.3) is 0 Å². The first-order valence-corrected chi connectivity index (χ1v) is 6.42. The van der Waals surface area contributed by atoms with Gasteiger partial charge in [0.05, 0.1) is 6.54 Å². The summed E-state index contributed by atoms with van der Waals surface area (Å²) in [5, 5.41) is 3.44. The Morgan fingerprint density at radius 3 is 2.24 bits per heavy atom. The second-order valence-corrected chi connectivity index (χ2v) is 4.99. The Balaban J connectivity index is 2.26. The Labute approximate surface area is 102 Å². The Morgan fingerprint density at radius 2 is 1.76 bits per heavy atom. The van der Waals surface area contributed by atoms with Gasteiger partial charge in [-0.3, -0.25) is 4.90 Å². The van der Waals surface area contributed by atoms with Crippen molar-refractivity contribution >= 4 is 0 Å². The van der Waals surface area contributed by atoms with Crippen LogP contribution in [0.5, 0.6) is 0 Å². The predicted molar refractivity (Wildman–Crippen MR) is 63.0 cm³/mol. The van der Waals surface area contributed by atoms with Crippen LogP contribution in [0.4, 0.5) is 13.2 Å². The number of rotatable bonds is 5. The third kappa shape index (κ3) is 5.73. The summed E-state index contributed by atoms with van der Waals surface area (Å²) in [6.45, 7) is 2.34. The molecule has 1 fully saturated rings. The molecule has 17 heavy (non-hydrogen) atoms. The van der Waals surface area contributed by atoms with Crippen molar-refractivity contribution in [2.75, 3.05) is 20.1 Å². The molecule has 2 nitrogen and oxygen atoms in total. The van der Waals surface area contributed by atoms with Gasteiger partial charge in [-0.2, -0.15) is 13.2 Å². The average Bonchev–Trinajstić information content (AvgIpc) is 2.24. The first-order chi connectivity index (χ1) is 7.92. The van der Waals surface area contributed by atoms with Crippen LogP contribution in [0.2, 0.25) is 0 Å². The van der Waals surface area contributed by atoms with E-state index in [0.717, 1.165) is 38.6 Å². The molecule has 1 rings (SSSR count). The number of hydrogen-bond acceptors (Lipinski definition) is 2. The summed E-state index contributed by atoms with van der Waals surface area (Å²) < 4.78 is 36.8. The quantitative estimate of drug-likeness (QED) is 0.809. The molecule has 0 bridgehead atoms. The second-order valence-electron chi connectivity index (χ2n) is 4.99. The lowest BCUT2D eigenvalue weighted by molar-refractivity contribution is -0.148.